The standard InChI is InChI=1S/C18H18Cl2FN3O/c19-12-8-13(20)10-15(9-12)23-18(25)22-14-4-5-17(16(21)11-14)24-6-2-1-3-7-24/h4-5,8-11H,1-3,6-7H2,(H2,22,23,25). The summed E-state index contributed by atoms with van der Waals surface area (Å²) in [6.45, 7) is 1.72. The summed E-state index contributed by atoms with van der Waals surface area (Å²) in [5, 5.41) is 6.06. The molecule has 1 fully saturated rings. The summed E-state index contributed by atoms with van der Waals surface area (Å²) in [5.41, 5.74) is 1.41. The number of urea groups is 1. The number of nitrogens with one attached hydrogen (secondary N) is 2. The van der Waals surface area contributed by atoms with Crippen LogP contribution in [-0.2, 0) is 0 Å². The Hall–Kier alpha value is -1.98. The van der Waals surface area contributed by atoms with Crippen molar-refractivity contribution in [1.29, 1.82) is 0 Å². The number of rotatable bonds is 3. The van der Waals surface area contributed by atoms with Gasteiger partial charge in [-0.3, -0.25) is 0 Å². The smallest absolute Gasteiger partial charge is 0.323 e. The number of piperidine rings is 1. The first-order valence-electron chi connectivity index (χ1n) is 8.10. The maximum Gasteiger partial charge on any atom is 0.323 e. The summed E-state index contributed by atoms with van der Waals surface area (Å²) in [7, 11) is 0. The van der Waals surface area contributed by atoms with Crippen LogP contribution >= 0.6 is 23.2 Å². The molecule has 0 bridgehead atoms. The SMILES string of the molecule is O=C(Nc1cc(Cl)cc(Cl)c1)Nc1ccc(N2CCCCC2)c(F)c1. The molecule has 1 heterocycles. The molecule has 7 heteroatoms. The Balaban J connectivity index is 1.66. The van der Waals surface area contributed by atoms with E-state index < -0.39 is 6.03 Å². The summed E-state index contributed by atoms with van der Waals surface area (Å²) >= 11 is 11.8. The fourth-order valence-corrected chi connectivity index (χ4v) is 3.42. The maximum atomic E-state index is 14.4. The zero-order valence-electron chi connectivity index (χ0n) is 13.5. The number of amides is 2. The number of benzene rings is 2. The molecule has 2 N–H and O–H groups in total. The van der Waals surface area contributed by atoms with Gasteiger partial charge in [-0.15, -0.1) is 0 Å². The van der Waals surface area contributed by atoms with Crippen molar-refractivity contribution >= 4 is 46.3 Å². The summed E-state index contributed by atoms with van der Waals surface area (Å²) in [5.74, 6) is -0.342. The van der Waals surface area contributed by atoms with E-state index in [1.807, 2.05) is 4.90 Å². The zero-order chi connectivity index (χ0) is 17.8. The van der Waals surface area contributed by atoms with Crippen molar-refractivity contribution in [3.05, 3.63) is 52.3 Å². The normalized spacial score (nSPS) is 14.3. The van der Waals surface area contributed by atoms with Gasteiger partial charge in [0.2, 0.25) is 0 Å². The Kier molecular flexibility index (Phi) is 5.66. The third kappa shape index (κ3) is 4.77. The van der Waals surface area contributed by atoms with Gasteiger partial charge in [0.15, 0.2) is 0 Å². The highest BCUT2D eigenvalue weighted by molar-refractivity contribution is 6.35. The lowest BCUT2D eigenvalue weighted by Gasteiger charge is -2.29. The van der Waals surface area contributed by atoms with Gasteiger partial charge in [-0.1, -0.05) is 23.2 Å². The Labute approximate surface area is 155 Å². The minimum atomic E-state index is -0.497. The first-order valence-corrected chi connectivity index (χ1v) is 8.85. The highest BCUT2D eigenvalue weighted by Gasteiger charge is 2.15. The molecule has 1 aliphatic heterocycles. The van der Waals surface area contributed by atoms with Gasteiger partial charge in [-0.2, -0.15) is 0 Å². The Bertz CT molecular complexity index is 759. The van der Waals surface area contributed by atoms with E-state index in [1.165, 1.54) is 12.5 Å². The molecule has 0 aliphatic carbocycles. The molecule has 0 atom stereocenters. The van der Waals surface area contributed by atoms with Gasteiger partial charge < -0.3 is 15.5 Å². The predicted octanol–water partition coefficient (Wildman–Crippen LogP) is 5.77. The number of nitrogens with zero attached hydrogens (tertiary/aromatic N) is 1. The number of hydrogen-bond donors (Lipinski definition) is 2. The molecular weight excluding hydrogens is 364 g/mol. The Morgan fingerprint density at radius 1 is 0.920 bits per heavy atom. The monoisotopic (exact) mass is 381 g/mol. The van der Waals surface area contributed by atoms with Gasteiger partial charge in [0, 0.05) is 34.5 Å². The van der Waals surface area contributed by atoms with Crippen molar-refractivity contribution in [2.75, 3.05) is 28.6 Å². The molecule has 132 valence electrons. The van der Waals surface area contributed by atoms with E-state index in [2.05, 4.69) is 10.6 Å². The first kappa shape index (κ1) is 17.8. The topological polar surface area (TPSA) is 44.4 Å². The molecule has 2 aromatic carbocycles. The molecule has 1 saturated heterocycles. The van der Waals surface area contributed by atoms with Crippen molar-refractivity contribution in [2.45, 2.75) is 19.3 Å². The van der Waals surface area contributed by atoms with E-state index in [0.29, 0.717) is 27.1 Å². The molecular formula is C18H18Cl2FN3O. The molecule has 2 aromatic rings. The van der Waals surface area contributed by atoms with Crippen LogP contribution in [0.1, 0.15) is 19.3 Å². The van der Waals surface area contributed by atoms with E-state index in [4.69, 9.17) is 23.2 Å². The molecule has 2 amide bonds. The summed E-state index contributed by atoms with van der Waals surface area (Å²) < 4.78 is 14.4. The van der Waals surface area contributed by atoms with Crippen LogP contribution < -0.4 is 15.5 Å². The number of hydrogen-bond acceptors (Lipinski definition) is 2. The molecule has 1 aliphatic rings. The van der Waals surface area contributed by atoms with Crippen LogP contribution in [0.4, 0.5) is 26.2 Å². The molecule has 0 unspecified atom stereocenters. The van der Waals surface area contributed by atoms with Gasteiger partial charge in [0.1, 0.15) is 5.82 Å². The van der Waals surface area contributed by atoms with Gasteiger partial charge >= 0.3 is 6.03 Å². The quantitative estimate of drug-likeness (QED) is 0.708. The van der Waals surface area contributed by atoms with Crippen LogP contribution in [0.25, 0.3) is 0 Å². The number of carbonyl (C=O) groups excluding carboxylic acids is 1. The second kappa shape index (κ2) is 7.93. The van der Waals surface area contributed by atoms with Gasteiger partial charge in [-0.25, -0.2) is 9.18 Å². The van der Waals surface area contributed by atoms with Crippen molar-refractivity contribution in [1.82, 2.24) is 0 Å². The van der Waals surface area contributed by atoms with E-state index >= 15 is 0 Å². The van der Waals surface area contributed by atoms with Crippen LogP contribution in [0.15, 0.2) is 36.4 Å². The van der Waals surface area contributed by atoms with Crippen LogP contribution in [-0.4, -0.2) is 19.1 Å². The molecule has 0 radical (unpaired) electrons. The highest BCUT2D eigenvalue weighted by Crippen LogP contribution is 2.26. The van der Waals surface area contributed by atoms with E-state index in [9.17, 15) is 9.18 Å². The lowest BCUT2D eigenvalue weighted by atomic mass is 10.1. The van der Waals surface area contributed by atoms with Crippen molar-refractivity contribution in [3.63, 3.8) is 0 Å². The lowest BCUT2D eigenvalue weighted by Crippen LogP contribution is -2.30. The van der Waals surface area contributed by atoms with Crippen LogP contribution in [0.5, 0.6) is 0 Å². The van der Waals surface area contributed by atoms with Crippen LogP contribution in [0.3, 0.4) is 0 Å². The molecule has 25 heavy (non-hydrogen) atoms. The minimum absolute atomic E-state index is 0.342. The van der Waals surface area contributed by atoms with Crippen molar-refractivity contribution < 1.29 is 9.18 Å². The molecule has 0 saturated carbocycles. The minimum Gasteiger partial charge on any atom is -0.369 e. The number of anilines is 3. The Morgan fingerprint density at radius 3 is 2.20 bits per heavy atom. The van der Waals surface area contributed by atoms with Crippen molar-refractivity contribution in [2.24, 2.45) is 0 Å². The second-order valence-electron chi connectivity index (χ2n) is 5.95. The Morgan fingerprint density at radius 2 is 1.56 bits per heavy atom. The van der Waals surface area contributed by atoms with E-state index in [1.54, 1.807) is 30.3 Å². The number of carbonyl (C=O) groups is 1. The summed E-state index contributed by atoms with van der Waals surface area (Å²) in [6, 6.07) is 8.95. The summed E-state index contributed by atoms with van der Waals surface area (Å²) in [6.07, 6.45) is 3.33. The van der Waals surface area contributed by atoms with Gasteiger partial charge in [0.05, 0.1) is 5.69 Å². The average Bonchev–Trinajstić information content (AvgIpc) is 2.54. The van der Waals surface area contributed by atoms with Crippen LogP contribution in [0, 0.1) is 5.82 Å². The van der Waals surface area contributed by atoms with Gasteiger partial charge in [-0.05, 0) is 55.7 Å². The van der Waals surface area contributed by atoms with E-state index in [-0.39, 0.29) is 5.82 Å². The molecule has 0 aromatic heterocycles. The summed E-state index contributed by atoms with van der Waals surface area (Å²) in [4.78, 5) is 14.1. The zero-order valence-corrected chi connectivity index (χ0v) is 15.0. The third-order valence-electron chi connectivity index (χ3n) is 4.02. The second-order valence-corrected chi connectivity index (χ2v) is 6.82. The molecule has 0 spiro atoms. The molecule has 4 nitrogen and oxygen atoms in total. The average molecular weight is 382 g/mol. The third-order valence-corrected chi connectivity index (χ3v) is 4.46. The molecule has 3 rings (SSSR count). The van der Waals surface area contributed by atoms with Crippen LogP contribution in [0.2, 0.25) is 10.0 Å². The first-order chi connectivity index (χ1) is 12.0. The van der Waals surface area contributed by atoms with Gasteiger partial charge in [0.25, 0.3) is 0 Å². The van der Waals surface area contributed by atoms with E-state index in [0.717, 1.165) is 25.9 Å². The maximum absolute atomic E-state index is 14.4. The predicted molar refractivity (Wildman–Crippen MR) is 102 cm³/mol. The van der Waals surface area contributed by atoms with Crippen molar-refractivity contribution in [3.8, 4) is 0 Å². The fourth-order valence-electron chi connectivity index (χ4n) is 2.90. The highest BCUT2D eigenvalue weighted by atomic mass is 35.5. The number of halogens is 3. The largest absolute Gasteiger partial charge is 0.369 e. The lowest BCUT2D eigenvalue weighted by molar-refractivity contribution is 0.262. The fraction of sp³-hybridized carbons (Fsp3) is 0.278.